The maximum Gasteiger partial charge on any atom is 0.416 e. The van der Waals surface area contributed by atoms with E-state index in [1.54, 1.807) is 0 Å². The molecule has 2 atom stereocenters. The predicted molar refractivity (Wildman–Crippen MR) is 63.0 cm³/mol. The summed E-state index contributed by atoms with van der Waals surface area (Å²) in [6, 6.07) is 1.76. The van der Waals surface area contributed by atoms with E-state index in [0.29, 0.717) is 12.1 Å². The number of alkyl halides is 3. The first-order valence-corrected chi connectivity index (χ1v) is 5.54. The Morgan fingerprint density at radius 2 is 1.95 bits per heavy atom. The van der Waals surface area contributed by atoms with Crippen LogP contribution >= 0.6 is 0 Å². The summed E-state index contributed by atoms with van der Waals surface area (Å²) in [6.07, 6.45) is -7.83. The predicted octanol–water partition coefficient (Wildman–Crippen LogP) is 1.23. The molecule has 0 aliphatic carbocycles. The number of hydrogen-bond donors (Lipinski definition) is 3. The van der Waals surface area contributed by atoms with Gasteiger partial charge in [0.25, 0.3) is 5.69 Å². The standard InChI is InChI=1S/C11H13F3N2O4/c1-15-5-9(17)10(18)6-2-7(11(12,13)14)4-8(3-6)16(19)20/h2-4,9-10,15,17-18H,5H2,1H3. The van der Waals surface area contributed by atoms with Gasteiger partial charge in [0.05, 0.1) is 16.6 Å². The van der Waals surface area contributed by atoms with Crippen molar-refractivity contribution in [2.45, 2.75) is 18.4 Å². The second kappa shape index (κ2) is 6.16. The summed E-state index contributed by atoms with van der Waals surface area (Å²) in [6.45, 7) is -0.0782. The monoisotopic (exact) mass is 294 g/mol. The quantitative estimate of drug-likeness (QED) is 0.560. The number of nitro groups is 1. The number of benzene rings is 1. The van der Waals surface area contributed by atoms with E-state index >= 15 is 0 Å². The number of aliphatic hydroxyl groups excluding tert-OH is 2. The van der Waals surface area contributed by atoms with Gasteiger partial charge in [-0.25, -0.2) is 0 Å². The van der Waals surface area contributed by atoms with Gasteiger partial charge in [-0.2, -0.15) is 13.2 Å². The van der Waals surface area contributed by atoms with Gasteiger partial charge in [-0.3, -0.25) is 10.1 Å². The van der Waals surface area contributed by atoms with Crippen molar-refractivity contribution in [2.24, 2.45) is 0 Å². The number of nitrogens with one attached hydrogen (secondary N) is 1. The fourth-order valence-corrected chi connectivity index (χ4v) is 1.62. The van der Waals surface area contributed by atoms with Crippen molar-refractivity contribution < 1.29 is 28.3 Å². The van der Waals surface area contributed by atoms with E-state index in [-0.39, 0.29) is 12.1 Å². The third-order valence-electron chi connectivity index (χ3n) is 2.60. The number of nitrogens with zero attached hydrogens (tertiary/aromatic N) is 1. The molecule has 0 saturated heterocycles. The van der Waals surface area contributed by atoms with Crippen LogP contribution in [0.2, 0.25) is 0 Å². The van der Waals surface area contributed by atoms with Gasteiger partial charge < -0.3 is 15.5 Å². The highest BCUT2D eigenvalue weighted by Gasteiger charge is 2.34. The molecule has 9 heteroatoms. The van der Waals surface area contributed by atoms with Crippen molar-refractivity contribution in [1.29, 1.82) is 0 Å². The summed E-state index contributed by atoms with van der Waals surface area (Å²) in [4.78, 5) is 9.64. The molecule has 0 radical (unpaired) electrons. The van der Waals surface area contributed by atoms with E-state index in [0.717, 1.165) is 6.07 Å². The fourth-order valence-electron chi connectivity index (χ4n) is 1.62. The molecule has 1 aromatic carbocycles. The van der Waals surface area contributed by atoms with Crippen molar-refractivity contribution in [2.75, 3.05) is 13.6 Å². The lowest BCUT2D eigenvalue weighted by molar-refractivity contribution is -0.385. The molecule has 2 unspecified atom stereocenters. The first-order chi connectivity index (χ1) is 9.16. The molecule has 1 aromatic rings. The minimum absolute atomic E-state index is 0.0782. The molecule has 1 rings (SSSR count). The van der Waals surface area contributed by atoms with Crippen LogP contribution in [0.3, 0.4) is 0 Å². The Morgan fingerprint density at radius 3 is 2.40 bits per heavy atom. The topological polar surface area (TPSA) is 95.6 Å². The molecular formula is C11H13F3N2O4. The van der Waals surface area contributed by atoms with Crippen LogP contribution < -0.4 is 5.32 Å². The Hall–Kier alpha value is -1.71. The van der Waals surface area contributed by atoms with Crippen LogP contribution in [0.15, 0.2) is 18.2 Å². The average molecular weight is 294 g/mol. The summed E-state index contributed by atoms with van der Waals surface area (Å²) in [5, 5.41) is 32.4. The Labute approximate surface area is 112 Å². The van der Waals surface area contributed by atoms with Gasteiger partial charge in [-0.05, 0) is 18.7 Å². The lowest BCUT2D eigenvalue weighted by Gasteiger charge is -2.19. The zero-order valence-electron chi connectivity index (χ0n) is 10.4. The molecule has 20 heavy (non-hydrogen) atoms. The minimum Gasteiger partial charge on any atom is -0.389 e. The van der Waals surface area contributed by atoms with Crippen LogP contribution in [0.4, 0.5) is 18.9 Å². The van der Waals surface area contributed by atoms with Crippen LogP contribution in [0.1, 0.15) is 17.2 Å². The minimum atomic E-state index is -4.78. The molecule has 0 aromatic heterocycles. The molecule has 0 spiro atoms. The maximum atomic E-state index is 12.6. The number of rotatable bonds is 5. The SMILES string of the molecule is CNCC(O)C(O)c1cc([N+](=O)[O-])cc(C(F)(F)F)c1. The van der Waals surface area contributed by atoms with Gasteiger partial charge in [-0.15, -0.1) is 0 Å². The van der Waals surface area contributed by atoms with Gasteiger partial charge in [0, 0.05) is 18.7 Å². The third kappa shape index (κ3) is 3.89. The van der Waals surface area contributed by atoms with Gasteiger partial charge >= 0.3 is 6.18 Å². The second-order valence-electron chi connectivity index (χ2n) is 4.14. The maximum absolute atomic E-state index is 12.6. The highest BCUT2D eigenvalue weighted by molar-refractivity contribution is 5.41. The largest absolute Gasteiger partial charge is 0.416 e. The van der Waals surface area contributed by atoms with E-state index < -0.39 is 34.6 Å². The number of hydrogen-bond acceptors (Lipinski definition) is 5. The van der Waals surface area contributed by atoms with Crippen molar-refractivity contribution in [3.8, 4) is 0 Å². The van der Waals surface area contributed by atoms with Crippen LogP contribution in [-0.2, 0) is 6.18 Å². The number of nitro benzene ring substituents is 1. The van der Waals surface area contributed by atoms with Gasteiger partial charge in [-0.1, -0.05) is 0 Å². The smallest absolute Gasteiger partial charge is 0.389 e. The molecule has 0 saturated carbocycles. The lowest BCUT2D eigenvalue weighted by Crippen LogP contribution is -2.29. The summed E-state index contributed by atoms with van der Waals surface area (Å²) in [5.74, 6) is 0. The summed E-state index contributed by atoms with van der Waals surface area (Å²) in [5.41, 5.74) is -2.42. The van der Waals surface area contributed by atoms with E-state index in [1.807, 2.05) is 0 Å². The summed E-state index contributed by atoms with van der Waals surface area (Å²) >= 11 is 0. The van der Waals surface area contributed by atoms with Gasteiger partial charge in [0.1, 0.15) is 6.10 Å². The van der Waals surface area contributed by atoms with Crippen molar-refractivity contribution in [3.05, 3.63) is 39.4 Å². The van der Waals surface area contributed by atoms with E-state index in [2.05, 4.69) is 5.32 Å². The number of likely N-dealkylation sites (N-methyl/N-ethyl adjacent to an activating group) is 1. The molecule has 0 bridgehead atoms. The fraction of sp³-hybridized carbons (Fsp3) is 0.455. The van der Waals surface area contributed by atoms with E-state index in [1.165, 1.54) is 7.05 Å². The van der Waals surface area contributed by atoms with E-state index in [9.17, 15) is 33.5 Å². The number of non-ortho nitro benzene ring substituents is 1. The highest BCUT2D eigenvalue weighted by atomic mass is 19.4. The molecule has 0 aliphatic rings. The van der Waals surface area contributed by atoms with Gasteiger partial charge in [0.2, 0.25) is 0 Å². The lowest BCUT2D eigenvalue weighted by atomic mass is 10.0. The van der Waals surface area contributed by atoms with E-state index in [4.69, 9.17) is 0 Å². The summed E-state index contributed by atoms with van der Waals surface area (Å²) < 4.78 is 37.9. The second-order valence-corrected chi connectivity index (χ2v) is 4.14. The molecule has 112 valence electrons. The highest BCUT2D eigenvalue weighted by Crippen LogP contribution is 2.34. The first kappa shape index (κ1) is 16.3. The van der Waals surface area contributed by atoms with Crippen LogP contribution in [0.5, 0.6) is 0 Å². The van der Waals surface area contributed by atoms with Crippen molar-refractivity contribution in [3.63, 3.8) is 0 Å². The van der Waals surface area contributed by atoms with Crippen LogP contribution in [-0.4, -0.2) is 34.8 Å². The van der Waals surface area contributed by atoms with Crippen LogP contribution in [0.25, 0.3) is 0 Å². The molecule has 0 amide bonds. The summed E-state index contributed by atoms with van der Waals surface area (Å²) in [7, 11) is 1.48. The molecule has 6 nitrogen and oxygen atoms in total. The molecule has 0 heterocycles. The molecule has 0 fully saturated rings. The normalized spacial score (nSPS) is 14.9. The number of aliphatic hydroxyl groups is 2. The Morgan fingerprint density at radius 1 is 1.35 bits per heavy atom. The first-order valence-electron chi connectivity index (χ1n) is 5.54. The van der Waals surface area contributed by atoms with Crippen molar-refractivity contribution in [1.82, 2.24) is 5.32 Å². The Balaban J connectivity index is 3.25. The zero-order chi connectivity index (χ0) is 15.5. The van der Waals surface area contributed by atoms with Gasteiger partial charge in [0.15, 0.2) is 0 Å². The third-order valence-corrected chi connectivity index (χ3v) is 2.60. The molecule has 0 aliphatic heterocycles. The zero-order valence-corrected chi connectivity index (χ0v) is 10.4. The van der Waals surface area contributed by atoms with Crippen LogP contribution in [0, 0.1) is 10.1 Å². The Bertz CT molecular complexity index is 493. The van der Waals surface area contributed by atoms with Crippen molar-refractivity contribution >= 4 is 5.69 Å². The molecular weight excluding hydrogens is 281 g/mol. The Kier molecular flexibility index (Phi) is 5.03. The average Bonchev–Trinajstić information content (AvgIpc) is 2.36. The number of halogens is 3. The molecule has 3 N–H and O–H groups in total.